The van der Waals surface area contributed by atoms with E-state index in [1.165, 1.54) is 0 Å². The van der Waals surface area contributed by atoms with Crippen molar-refractivity contribution in [3.63, 3.8) is 0 Å². The van der Waals surface area contributed by atoms with Crippen molar-refractivity contribution in [2.45, 2.75) is 46.1 Å². The molecule has 1 aromatic rings. The topological polar surface area (TPSA) is 66.8 Å². The van der Waals surface area contributed by atoms with E-state index in [1.807, 2.05) is 24.3 Å². The first-order valence-electron chi connectivity index (χ1n) is 8.84. The zero-order valence-electron chi connectivity index (χ0n) is 15.4. The highest BCUT2D eigenvalue weighted by molar-refractivity contribution is 6.09. The standard InChI is InChI=1S/C20H27NO4/c1-5-6-7-11-21-17(14-9-8-10-15(12-14)25-4)16(18(22)13(2)3)19(23)20(21)24/h8-10,12-13,17,23H,5-7,11H2,1-4H3. The molecule has 1 unspecified atom stereocenters. The van der Waals surface area contributed by atoms with Gasteiger partial charge in [-0.2, -0.15) is 0 Å². The number of unbranched alkanes of at least 4 members (excludes halogenated alkanes) is 2. The summed E-state index contributed by atoms with van der Waals surface area (Å²) in [5.74, 6) is -0.720. The number of Topliss-reactive ketones (excluding diaryl/α,β-unsaturated/α-hetero) is 1. The van der Waals surface area contributed by atoms with Gasteiger partial charge in [0.05, 0.1) is 18.7 Å². The molecule has 5 heteroatoms. The maximum Gasteiger partial charge on any atom is 0.290 e. The Hall–Kier alpha value is -2.30. The van der Waals surface area contributed by atoms with Gasteiger partial charge in [-0.05, 0) is 24.1 Å². The Morgan fingerprint density at radius 1 is 1.32 bits per heavy atom. The Kier molecular flexibility index (Phi) is 6.23. The molecule has 1 aliphatic rings. The van der Waals surface area contributed by atoms with Gasteiger partial charge in [0.1, 0.15) is 5.75 Å². The summed E-state index contributed by atoms with van der Waals surface area (Å²) in [7, 11) is 1.57. The highest BCUT2D eigenvalue weighted by Crippen LogP contribution is 2.39. The van der Waals surface area contributed by atoms with E-state index in [9.17, 15) is 14.7 Å². The quantitative estimate of drug-likeness (QED) is 0.728. The lowest BCUT2D eigenvalue weighted by Gasteiger charge is -2.27. The third-order valence-corrected chi connectivity index (χ3v) is 4.51. The largest absolute Gasteiger partial charge is 0.503 e. The molecule has 1 aliphatic heterocycles. The van der Waals surface area contributed by atoms with Crippen molar-refractivity contribution in [2.75, 3.05) is 13.7 Å². The number of rotatable bonds is 8. The van der Waals surface area contributed by atoms with Crippen LogP contribution in [-0.2, 0) is 9.59 Å². The summed E-state index contributed by atoms with van der Waals surface area (Å²) in [5.41, 5.74) is 0.974. The average Bonchev–Trinajstić information content (AvgIpc) is 2.86. The Morgan fingerprint density at radius 2 is 2.04 bits per heavy atom. The van der Waals surface area contributed by atoms with Crippen molar-refractivity contribution in [2.24, 2.45) is 5.92 Å². The number of hydrogen-bond donors (Lipinski definition) is 1. The number of ether oxygens (including phenoxy) is 1. The number of nitrogens with zero attached hydrogens (tertiary/aromatic N) is 1. The van der Waals surface area contributed by atoms with Crippen molar-refractivity contribution in [3.05, 3.63) is 41.2 Å². The van der Waals surface area contributed by atoms with Crippen LogP contribution in [0, 0.1) is 5.92 Å². The minimum absolute atomic E-state index is 0.198. The number of ketones is 1. The number of methoxy groups -OCH3 is 1. The molecule has 1 aromatic carbocycles. The first-order valence-corrected chi connectivity index (χ1v) is 8.84. The molecule has 25 heavy (non-hydrogen) atoms. The van der Waals surface area contributed by atoms with Crippen molar-refractivity contribution in [1.29, 1.82) is 0 Å². The fourth-order valence-corrected chi connectivity index (χ4v) is 3.14. The molecule has 1 amide bonds. The second-order valence-corrected chi connectivity index (χ2v) is 6.67. The van der Waals surface area contributed by atoms with E-state index in [0.29, 0.717) is 12.3 Å². The Labute approximate surface area is 149 Å². The molecule has 1 N–H and O–H groups in total. The first kappa shape index (κ1) is 19.0. The number of carbonyl (C=O) groups excluding carboxylic acids is 2. The summed E-state index contributed by atoms with van der Waals surface area (Å²) >= 11 is 0. The Balaban J connectivity index is 2.47. The van der Waals surface area contributed by atoms with Gasteiger partial charge in [0.15, 0.2) is 11.5 Å². The molecule has 0 saturated heterocycles. The average molecular weight is 345 g/mol. The van der Waals surface area contributed by atoms with Gasteiger partial charge in [-0.3, -0.25) is 9.59 Å². The van der Waals surface area contributed by atoms with E-state index in [4.69, 9.17) is 4.74 Å². The molecule has 0 radical (unpaired) electrons. The number of hydrogen-bond acceptors (Lipinski definition) is 4. The van der Waals surface area contributed by atoms with Crippen LogP contribution in [0.25, 0.3) is 0 Å². The highest BCUT2D eigenvalue weighted by atomic mass is 16.5. The monoisotopic (exact) mass is 345 g/mol. The minimum atomic E-state index is -0.561. The van der Waals surface area contributed by atoms with Gasteiger partial charge in [0, 0.05) is 12.5 Å². The van der Waals surface area contributed by atoms with E-state index >= 15 is 0 Å². The van der Waals surface area contributed by atoms with Crippen molar-refractivity contribution >= 4 is 11.7 Å². The summed E-state index contributed by atoms with van der Waals surface area (Å²) in [6, 6.07) is 6.76. The van der Waals surface area contributed by atoms with Crippen LogP contribution in [0.4, 0.5) is 0 Å². The number of amides is 1. The van der Waals surface area contributed by atoms with Crippen LogP contribution in [-0.4, -0.2) is 35.4 Å². The van der Waals surface area contributed by atoms with Crippen molar-refractivity contribution in [3.8, 4) is 5.75 Å². The van der Waals surface area contributed by atoms with E-state index in [2.05, 4.69) is 6.92 Å². The van der Waals surface area contributed by atoms with Gasteiger partial charge < -0.3 is 14.7 Å². The van der Waals surface area contributed by atoms with E-state index in [1.54, 1.807) is 25.9 Å². The van der Waals surface area contributed by atoms with Gasteiger partial charge in [-0.25, -0.2) is 0 Å². The number of carbonyl (C=O) groups is 2. The second-order valence-electron chi connectivity index (χ2n) is 6.67. The fraction of sp³-hybridized carbons (Fsp3) is 0.500. The molecular formula is C20H27NO4. The predicted octanol–water partition coefficient (Wildman–Crippen LogP) is 3.81. The van der Waals surface area contributed by atoms with Crippen LogP contribution in [0.1, 0.15) is 51.6 Å². The molecule has 0 bridgehead atoms. The van der Waals surface area contributed by atoms with E-state index < -0.39 is 17.7 Å². The molecule has 0 saturated carbocycles. The zero-order chi connectivity index (χ0) is 18.6. The second kappa shape index (κ2) is 8.19. The van der Waals surface area contributed by atoms with Crippen LogP contribution in [0.2, 0.25) is 0 Å². The molecule has 0 aromatic heterocycles. The summed E-state index contributed by atoms with van der Waals surface area (Å²) < 4.78 is 5.28. The van der Waals surface area contributed by atoms with Crippen LogP contribution < -0.4 is 4.74 Å². The number of aliphatic hydroxyl groups is 1. The van der Waals surface area contributed by atoms with Crippen LogP contribution >= 0.6 is 0 Å². The smallest absolute Gasteiger partial charge is 0.290 e. The molecule has 2 rings (SSSR count). The Bertz CT molecular complexity index is 678. The zero-order valence-corrected chi connectivity index (χ0v) is 15.4. The van der Waals surface area contributed by atoms with Gasteiger partial charge in [-0.15, -0.1) is 0 Å². The molecule has 0 aliphatic carbocycles. The first-order chi connectivity index (χ1) is 11.9. The summed E-state index contributed by atoms with van der Waals surface area (Å²) in [6.07, 6.45) is 2.85. The normalized spacial score (nSPS) is 17.6. The van der Waals surface area contributed by atoms with Crippen molar-refractivity contribution in [1.82, 2.24) is 4.90 Å². The van der Waals surface area contributed by atoms with Crippen LogP contribution in [0.15, 0.2) is 35.6 Å². The molecule has 136 valence electrons. The third kappa shape index (κ3) is 3.86. The lowest BCUT2D eigenvalue weighted by atomic mass is 9.91. The van der Waals surface area contributed by atoms with Gasteiger partial charge in [0.2, 0.25) is 0 Å². The predicted molar refractivity (Wildman–Crippen MR) is 96.5 cm³/mol. The maximum absolute atomic E-state index is 12.7. The van der Waals surface area contributed by atoms with Gasteiger partial charge in [-0.1, -0.05) is 45.7 Å². The molecule has 5 nitrogen and oxygen atoms in total. The van der Waals surface area contributed by atoms with Gasteiger partial charge in [0.25, 0.3) is 5.91 Å². The molecule has 0 spiro atoms. The van der Waals surface area contributed by atoms with E-state index in [0.717, 1.165) is 24.8 Å². The van der Waals surface area contributed by atoms with E-state index in [-0.39, 0.29) is 17.3 Å². The molecule has 1 heterocycles. The molecule has 0 fully saturated rings. The lowest BCUT2D eigenvalue weighted by molar-refractivity contribution is -0.129. The molecule has 1 atom stereocenters. The summed E-state index contributed by atoms with van der Waals surface area (Å²) in [4.78, 5) is 26.9. The van der Waals surface area contributed by atoms with Gasteiger partial charge >= 0.3 is 0 Å². The van der Waals surface area contributed by atoms with Crippen LogP contribution in [0.3, 0.4) is 0 Å². The van der Waals surface area contributed by atoms with Crippen LogP contribution in [0.5, 0.6) is 5.75 Å². The maximum atomic E-state index is 12.7. The third-order valence-electron chi connectivity index (χ3n) is 4.51. The Morgan fingerprint density at radius 3 is 2.64 bits per heavy atom. The number of aliphatic hydroxyl groups excluding tert-OH is 1. The number of benzene rings is 1. The molecular weight excluding hydrogens is 318 g/mol. The fourth-order valence-electron chi connectivity index (χ4n) is 3.14. The SMILES string of the molecule is CCCCCN1C(=O)C(O)=C(C(=O)C(C)C)C1c1cccc(OC)c1. The minimum Gasteiger partial charge on any atom is -0.503 e. The highest BCUT2D eigenvalue weighted by Gasteiger charge is 2.43. The van der Waals surface area contributed by atoms with Crippen molar-refractivity contribution < 1.29 is 19.4 Å². The summed E-state index contributed by atoms with van der Waals surface area (Å²) in [5, 5.41) is 10.4. The summed E-state index contributed by atoms with van der Waals surface area (Å²) in [6.45, 7) is 6.15. The lowest BCUT2D eigenvalue weighted by Crippen LogP contribution is -2.32.